The molecule has 2 heterocycles. The van der Waals surface area contributed by atoms with Gasteiger partial charge in [0, 0.05) is 26.2 Å². The van der Waals surface area contributed by atoms with E-state index >= 15 is 0 Å². The van der Waals surface area contributed by atoms with Crippen LogP contribution in [-0.4, -0.2) is 56.1 Å². The molecule has 0 saturated carbocycles. The van der Waals surface area contributed by atoms with Gasteiger partial charge in [-0.3, -0.25) is 9.69 Å². The first-order valence-electron chi connectivity index (χ1n) is 7.67. The van der Waals surface area contributed by atoms with Gasteiger partial charge in [-0.2, -0.15) is 0 Å². The van der Waals surface area contributed by atoms with Gasteiger partial charge in [0.25, 0.3) is 0 Å². The Morgan fingerprint density at radius 3 is 2.81 bits per heavy atom. The van der Waals surface area contributed by atoms with E-state index in [9.17, 15) is 4.79 Å². The van der Waals surface area contributed by atoms with E-state index in [1.807, 2.05) is 6.07 Å². The van der Waals surface area contributed by atoms with Crippen LogP contribution in [-0.2, 0) is 16.1 Å². The lowest BCUT2D eigenvalue weighted by molar-refractivity contribution is -0.157. The number of ether oxygens (including phenoxy) is 1. The molecule has 1 aromatic rings. The summed E-state index contributed by atoms with van der Waals surface area (Å²) in [5.41, 5.74) is 0.973. The topological polar surface area (TPSA) is 32.8 Å². The van der Waals surface area contributed by atoms with Crippen molar-refractivity contribution < 1.29 is 9.53 Å². The number of likely N-dealkylation sites (tertiary alicyclic amines) is 2. The largest absolute Gasteiger partial charge is 0.469 e. The number of hydrogen-bond acceptors (Lipinski definition) is 4. The van der Waals surface area contributed by atoms with Crippen molar-refractivity contribution in [2.75, 3.05) is 40.3 Å². The molecule has 4 heteroatoms. The molecule has 0 bridgehead atoms. The summed E-state index contributed by atoms with van der Waals surface area (Å²) in [6.45, 7) is 4.61. The first-order valence-corrected chi connectivity index (χ1v) is 7.67. The SMILES string of the molecule is COC(=O)C12CN(C)CCC1CN(Cc1ccccc1)C2. The Bertz CT molecular complexity index is 505. The molecule has 21 heavy (non-hydrogen) atoms. The molecule has 2 aliphatic heterocycles. The van der Waals surface area contributed by atoms with Crippen LogP contribution in [0.4, 0.5) is 0 Å². The summed E-state index contributed by atoms with van der Waals surface area (Å²) in [7, 11) is 3.61. The summed E-state index contributed by atoms with van der Waals surface area (Å²) < 4.78 is 5.15. The van der Waals surface area contributed by atoms with Crippen LogP contribution in [0.2, 0.25) is 0 Å². The van der Waals surface area contributed by atoms with Gasteiger partial charge in [0.2, 0.25) is 0 Å². The van der Waals surface area contributed by atoms with Crippen LogP contribution in [0.3, 0.4) is 0 Å². The average Bonchev–Trinajstić information content (AvgIpc) is 2.85. The molecule has 2 unspecified atom stereocenters. The van der Waals surface area contributed by atoms with Crippen molar-refractivity contribution in [3.63, 3.8) is 0 Å². The third-order valence-electron chi connectivity index (χ3n) is 5.02. The van der Waals surface area contributed by atoms with Crippen molar-refractivity contribution in [3.8, 4) is 0 Å². The van der Waals surface area contributed by atoms with E-state index < -0.39 is 0 Å². The molecule has 4 nitrogen and oxygen atoms in total. The Morgan fingerprint density at radius 2 is 2.10 bits per heavy atom. The molecule has 0 aliphatic carbocycles. The van der Waals surface area contributed by atoms with E-state index in [0.717, 1.165) is 39.1 Å². The number of hydrogen-bond donors (Lipinski definition) is 0. The fourth-order valence-electron chi connectivity index (χ4n) is 4.02. The molecule has 0 amide bonds. The van der Waals surface area contributed by atoms with Crippen LogP contribution >= 0.6 is 0 Å². The van der Waals surface area contributed by atoms with Gasteiger partial charge in [-0.25, -0.2) is 0 Å². The van der Waals surface area contributed by atoms with E-state index in [-0.39, 0.29) is 11.4 Å². The van der Waals surface area contributed by atoms with Gasteiger partial charge in [-0.15, -0.1) is 0 Å². The fourth-order valence-corrected chi connectivity index (χ4v) is 4.02. The number of piperidine rings is 1. The number of nitrogens with zero attached hydrogens (tertiary/aromatic N) is 2. The van der Waals surface area contributed by atoms with Gasteiger partial charge in [-0.05, 0) is 31.5 Å². The molecule has 2 fully saturated rings. The zero-order chi connectivity index (χ0) is 14.9. The van der Waals surface area contributed by atoms with Crippen molar-refractivity contribution in [3.05, 3.63) is 35.9 Å². The Kier molecular flexibility index (Phi) is 4.00. The molecule has 0 N–H and O–H groups in total. The van der Waals surface area contributed by atoms with Gasteiger partial charge in [0.15, 0.2) is 0 Å². The molecule has 0 radical (unpaired) electrons. The Morgan fingerprint density at radius 1 is 1.33 bits per heavy atom. The maximum atomic E-state index is 12.4. The highest BCUT2D eigenvalue weighted by Gasteiger charge is 2.54. The van der Waals surface area contributed by atoms with Gasteiger partial charge >= 0.3 is 5.97 Å². The highest BCUT2D eigenvalue weighted by Crippen LogP contribution is 2.43. The zero-order valence-electron chi connectivity index (χ0n) is 12.9. The average molecular weight is 288 g/mol. The summed E-state index contributed by atoms with van der Waals surface area (Å²) >= 11 is 0. The first kappa shape index (κ1) is 14.5. The lowest BCUT2D eigenvalue weighted by atomic mass is 9.73. The second-order valence-corrected chi connectivity index (χ2v) is 6.53. The van der Waals surface area contributed by atoms with Crippen LogP contribution < -0.4 is 0 Å². The van der Waals surface area contributed by atoms with Crippen LogP contribution in [0, 0.1) is 11.3 Å². The highest BCUT2D eigenvalue weighted by atomic mass is 16.5. The minimum atomic E-state index is -0.337. The monoisotopic (exact) mass is 288 g/mol. The van der Waals surface area contributed by atoms with Gasteiger partial charge in [0.05, 0.1) is 12.5 Å². The van der Waals surface area contributed by atoms with E-state index in [0.29, 0.717) is 5.92 Å². The van der Waals surface area contributed by atoms with E-state index in [2.05, 4.69) is 41.1 Å². The minimum absolute atomic E-state index is 0.0328. The number of benzene rings is 1. The predicted octanol–water partition coefficient (Wildman–Crippen LogP) is 1.61. The second-order valence-electron chi connectivity index (χ2n) is 6.53. The fraction of sp³-hybridized carbons (Fsp3) is 0.588. The quantitative estimate of drug-likeness (QED) is 0.791. The van der Waals surface area contributed by atoms with E-state index in [1.54, 1.807) is 0 Å². The van der Waals surface area contributed by atoms with Crippen molar-refractivity contribution >= 4 is 5.97 Å². The summed E-state index contributed by atoms with van der Waals surface area (Å²) in [6.07, 6.45) is 1.08. The van der Waals surface area contributed by atoms with Gasteiger partial charge in [0.1, 0.15) is 0 Å². The number of carbonyl (C=O) groups is 1. The number of carbonyl (C=O) groups excluding carboxylic acids is 1. The second kappa shape index (κ2) is 5.78. The minimum Gasteiger partial charge on any atom is -0.469 e. The molecular weight excluding hydrogens is 264 g/mol. The number of methoxy groups -OCH3 is 1. The summed E-state index contributed by atoms with van der Waals surface area (Å²) in [5.74, 6) is 0.388. The standard InChI is InChI=1S/C17H24N2O2/c1-18-9-8-15-11-19(10-14-6-4-3-5-7-14)13-17(15,12-18)16(20)21-2/h3-7,15H,8-13H2,1-2H3. The smallest absolute Gasteiger partial charge is 0.314 e. The van der Waals surface area contributed by atoms with Crippen molar-refractivity contribution in [2.45, 2.75) is 13.0 Å². The maximum Gasteiger partial charge on any atom is 0.314 e. The Labute approximate surface area is 126 Å². The summed E-state index contributed by atoms with van der Waals surface area (Å²) in [5, 5.41) is 0. The van der Waals surface area contributed by atoms with Crippen LogP contribution in [0.5, 0.6) is 0 Å². The van der Waals surface area contributed by atoms with Gasteiger partial charge < -0.3 is 9.64 Å². The lowest BCUT2D eigenvalue weighted by Gasteiger charge is -2.40. The molecule has 2 aliphatic rings. The van der Waals surface area contributed by atoms with Crippen LogP contribution in [0.1, 0.15) is 12.0 Å². The molecule has 0 aromatic heterocycles. The third kappa shape index (κ3) is 2.70. The molecule has 2 atom stereocenters. The van der Waals surface area contributed by atoms with Crippen molar-refractivity contribution in [1.82, 2.24) is 9.80 Å². The molecule has 1 aromatic carbocycles. The number of esters is 1. The van der Waals surface area contributed by atoms with Crippen molar-refractivity contribution in [1.29, 1.82) is 0 Å². The normalized spacial score (nSPS) is 30.1. The number of fused-ring (bicyclic) bond motifs is 1. The van der Waals surface area contributed by atoms with Crippen molar-refractivity contribution in [2.24, 2.45) is 11.3 Å². The van der Waals surface area contributed by atoms with E-state index in [4.69, 9.17) is 4.74 Å². The Balaban J connectivity index is 1.78. The summed E-state index contributed by atoms with van der Waals surface area (Å²) in [6, 6.07) is 10.5. The van der Waals surface area contributed by atoms with Crippen LogP contribution in [0.25, 0.3) is 0 Å². The predicted molar refractivity (Wildman–Crippen MR) is 81.8 cm³/mol. The zero-order valence-corrected chi connectivity index (χ0v) is 12.9. The third-order valence-corrected chi connectivity index (χ3v) is 5.02. The molecule has 0 spiro atoms. The molecular formula is C17H24N2O2. The van der Waals surface area contributed by atoms with Gasteiger partial charge in [-0.1, -0.05) is 30.3 Å². The molecule has 3 rings (SSSR count). The highest BCUT2D eigenvalue weighted by molar-refractivity contribution is 5.78. The lowest BCUT2D eigenvalue weighted by Crippen LogP contribution is -2.52. The number of rotatable bonds is 3. The first-order chi connectivity index (χ1) is 10.1. The molecule has 114 valence electrons. The van der Waals surface area contributed by atoms with Crippen LogP contribution in [0.15, 0.2) is 30.3 Å². The maximum absolute atomic E-state index is 12.4. The molecule has 2 saturated heterocycles. The summed E-state index contributed by atoms with van der Waals surface area (Å²) in [4.78, 5) is 17.1. The van der Waals surface area contributed by atoms with E-state index in [1.165, 1.54) is 12.7 Å². The Hall–Kier alpha value is -1.39.